The van der Waals surface area contributed by atoms with E-state index in [-0.39, 0.29) is 0 Å². The average molecular weight is 288 g/mol. The van der Waals surface area contributed by atoms with Gasteiger partial charge in [-0.1, -0.05) is 48.2 Å². The standard InChI is InChI=1S/C14H15N3O2S/c1-3-9-17-12(11-7-5-4-6-8-11)15-16-14(17)20-10(2)13(18)19/h3-8,10H,1,9H2,2H3,(H,18,19)/p-1/t10-/m0/s1. The van der Waals surface area contributed by atoms with E-state index in [0.717, 1.165) is 17.3 Å². The molecule has 0 bridgehead atoms. The van der Waals surface area contributed by atoms with Gasteiger partial charge in [0, 0.05) is 17.4 Å². The van der Waals surface area contributed by atoms with Gasteiger partial charge in [0.15, 0.2) is 11.0 Å². The zero-order valence-corrected chi connectivity index (χ0v) is 11.8. The topological polar surface area (TPSA) is 70.8 Å². The lowest BCUT2D eigenvalue weighted by molar-refractivity contribution is -0.304. The van der Waals surface area contributed by atoms with E-state index < -0.39 is 11.2 Å². The van der Waals surface area contributed by atoms with Gasteiger partial charge in [-0.3, -0.25) is 4.57 Å². The van der Waals surface area contributed by atoms with Crippen molar-refractivity contribution in [3.8, 4) is 11.4 Å². The van der Waals surface area contributed by atoms with E-state index in [2.05, 4.69) is 16.8 Å². The summed E-state index contributed by atoms with van der Waals surface area (Å²) in [5, 5.41) is 18.9. The zero-order chi connectivity index (χ0) is 14.5. The molecule has 0 spiro atoms. The molecule has 1 aromatic carbocycles. The number of carbonyl (C=O) groups excluding carboxylic acids is 1. The van der Waals surface area contributed by atoms with Gasteiger partial charge < -0.3 is 9.90 Å². The number of carboxylic acids is 1. The van der Waals surface area contributed by atoms with Crippen molar-refractivity contribution in [1.82, 2.24) is 14.8 Å². The van der Waals surface area contributed by atoms with Gasteiger partial charge in [0.25, 0.3) is 0 Å². The summed E-state index contributed by atoms with van der Waals surface area (Å²) >= 11 is 1.11. The number of hydrogen-bond acceptors (Lipinski definition) is 5. The van der Waals surface area contributed by atoms with Crippen LogP contribution in [0.2, 0.25) is 0 Å². The third-order valence-corrected chi connectivity index (χ3v) is 3.73. The molecule has 20 heavy (non-hydrogen) atoms. The Morgan fingerprint density at radius 3 is 2.75 bits per heavy atom. The van der Waals surface area contributed by atoms with Crippen LogP contribution in [-0.2, 0) is 11.3 Å². The maximum absolute atomic E-state index is 10.8. The molecular weight excluding hydrogens is 274 g/mol. The first kappa shape index (κ1) is 14.3. The Bertz CT molecular complexity index is 610. The van der Waals surface area contributed by atoms with Crippen molar-refractivity contribution >= 4 is 17.7 Å². The summed E-state index contributed by atoms with van der Waals surface area (Å²) in [5.74, 6) is -0.428. The molecule has 0 aliphatic rings. The van der Waals surface area contributed by atoms with Crippen molar-refractivity contribution < 1.29 is 9.90 Å². The molecule has 0 aliphatic carbocycles. The number of aliphatic carboxylic acids is 1. The molecule has 1 aromatic heterocycles. The molecular formula is C14H14N3O2S-. The number of aromatic nitrogens is 3. The largest absolute Gasteiger partial charge is 0.549 e. The summed E-state index contributed by atoms with van der Waals surface area (Å²) in [6.45, 7) is 5.79. The lowest BCUT2D eigenvalue weighted by Crippen LogP contribution is -2.31. The Hall–Kier alpha value is -2.08. The zero-order valence-electron chi connectivity index (χ0n) is 11.0. The van der Waals surface area contributed by atoms with Gasteiger partial charge in [-0.25, -0.2) is 0 Å². The number of nitrogens with zero attached hydrogens (tertiary/aromatic N) is 3. The fraction of sp³-hybridized carbons (Fsp3) is 0.214. The Morgan fingerprint density at radius 1 is 1.45 bits per heavy atom. The predicted octanol–water partition coefficient (Wildman–Crippen LogP) is 1.36. The van der Waals surface area contributed by atoms with E-state index in [0.29, 0.717) is 17.5 Å². The van der Waals surface area contributed by atoms with Crippen LogP contribution in [-0.4, -0.2) is 26.0 Å². The second-order valence-corrected chi connectivity index (χ2v) is 5.46. The summed E-state index contributed by atoms with van der Waals surface area (Å²) in [4.78, 5) is 10.8. The van der Waals surface area contributed by atoms with Crippen molar-refractivity contribution in [1.29, 1.82) is 0 Å². The molecule has 104 valence electrons. The molecule has 2 rings (SSSR count). The molecule has 0 N–H and O–H groups in total. The number of allylic oxidation sites excluding steroid dienone is 1. The minimum Gasteiger partial charge on any atom is -0.549 e. The van der Waals surface area contributed by atoms with Crippen LogP contribution in [0.25, 0.3) is 11.4 Å². The first-order valence-electron chi connectivity index (χ1n) is 6.10. The first-order chi connectivity index (χ1) is 9.63. The second-order valence-electron chi connectivity index (χ2n) is 4.15. The van der Waals surface area contributed by atoms with Gasteiger partial charge in [-0.05, 0) is 6.92 Å². The first-order valence-corrected chi connectivity index (χ1v) is 6.98. The monoisotopic (exact) mass is 288 g/mol. The number of benzene rings is 1. The highest BCUT2D eigenvalue weighted by atomic mass is 32.2. The van der Waals surface area contributed by atoms with Crippen LogP contribution in [0.5, 0.6) is 0 Å². The summed E-state index contributed by atoms with van der Waals surface area (Å²) in [6.07, 6.45) is 1.73. The minimum absolute atomic E-state index is 0.513. The van der Waals surface area contributed by atoms with Crippen molar-refractivity contribution in [2.24, 2.45) is 0 Å². The second kappa shape index (κ2) is 6.38. The Morgan fingerprint density at radius 2 is 2.15 bits per heavy atom. The van der Waals surface area contributed by atoms with Crippen molar-refractivity contribution in [3.05, 3.63) is 43.0 Å². The van der Waals surface area contributed by atoms with E-state index >= 15 is 0 Å². The van der Waals surface area contributed by atoms with Crippen LogP contribution >= 0.6 is 11.8 Å². The third-order valence-electron chi connectivity index (χ3n) is 2.67. The quantitative estimate of drug-likeness (QED) is 0.593. The summed E-state index contributed by atoms with van der Waals surface area (Å²) in [7, 11) is 0. The van der Waals surface area contributed by atoms with E-state index in [9.17, 15) is 9.90 Å². The van der Waals surface area contributed by atoms with E-state index in [1.165, 1.54) is 0 Å². The molecule has 1 heterocycles. The van der Waals surface area contributed by atoms with Crippen molar-refractivity contribution in [3.63, 3.8) is 0 Å². The SMILES string of the molecule is C=CCn1c(S[C@@H](C)C(=O)[O-])nnc1-c1ccccc1. The van der Waals surface area contributed by atoms with Crippen molar-refractivity contribution in [2.75, 3.05) is 0 Å². The normalized spacial score (nSPS) is 12.1. The summed E-state index contributed by atoms with van der Waals surface area (Å²) in [6, 6.07) is 9.61. The fourth-order valence-corrected chi connectivity index (χ4v) is 2.47. The molecule has 0 saturated carbocycles. The van der Waals surface area contributed by atoms with Gasteiger partial charge in [-0.2, -0.15) is 0 Å². The number of rotatable bonds is 6. The molecule has 0 saturated heterocycles. The average Bonchev–Trinajstić information content (AvgIpc) is 2.83. The Balaban J connectivity index is 2.37. The highest BCUT2D eigenvalue weighted by Crippen LogP contribution is 2.26. The summed E-state index contributed by atoms with van der Waals surface area (Å²) in [5.41, 5.74) is 0.926. The van der Waals surface area contributed by atoms with E-state index in [1.54, 1.807) is 13.0 Å². The van der Waals surface area contributed by atoms with Crippen LogP contribution in [0.4, 0.5) is 0 Å². The minimum atomic E-state index is -1.12. The Labute approximate surface area is 121 Å². The fourth-order valence-electron chi connectivity index (χ4n) is 1.68. The molecule has 6 heteroatoms. The van der Waals surface area contributed by atoms with Crippen LogP contribution < -0.4 is 5.11 Å². The van der Waals surface area contributed by atoms with Crippen LogP contribution in [0.15, 0.2) is 48.1 Å². The van der Waals surface area contributed by atoms with Gasteiger partial charge in [-0.15, -0.1) is 16.8 Å². The lowest BCUT2D eigenvalue weighted by Gasteiger charge is -2.12. The molecule has 0 fully saturated rings. The van der Waals surface area contributed by atoms with Gasteiger partial charge in [0.05, 0.1) is 5.97 Å². The number of hydrogen-bond donors (Lipinski definition) is 0. The molecule has 0 aliphatic heterocycles. The lowest BCUT2D eigenvalue weighted by atomic mass is 10.2. The number of thioether (sulfide) groups is 1. The highest BCUT2D eigenvalue weighted by molar-refractivity contribution is 8.00. The third kappa shape index (κ3) is 3.08. The summed E-state index contributed by atoms with van der Waals surface area (Å²) < 4.78 is 1.84. The molecule has 1 atom stereocenters. The maximum atomic E-state index is 10.8. The molecule has 5 nitrogen and oxygen atoms in total. The van der Waals surface area contributed by atoms with Crippen LogP contribution in [0.1, 0.15) is 6.92 Å². The molecule has 0 amide bonds. The van der Waals surface area contributed by atoms with Gasteiger partial charge >= 0.3 is 0 Å². The number of carboxylic acid groups (broad SMARTS) is 1. The van der Waals surface area contributed by atoms with E-state index in [1.807, 2.05) is 34.9 Å². The highest BCUT2D eigenvalue weighted by Gasteiger charge is 2.16. The molecule has 2 aromatic rings. The van der Waals surface area contributed by atoms with Gasteiger partial charge in [0.1, 0.15) is 0 Å². The Kier molecular flexibility index (Phi) is 4.57. The maximum Gasteiger partial charge on any atom is 0.192 e. The smallest absolute Gasteiger partial charge is 0.192 e. The predicted molar refractivity (Wildman–Crippen MR) is 76.0 cm³/mol. The van der Waals surface area contributed by atoms with Crippen LogP contribution in [0, 0.1) is 0 Å². The van der Waals surface area contributed by atoms with Gasteiger partial charge in [0.2, 0.25) is 0 Å². The molecule has 0 radical (unpaired) electrons. The molecule has 0 unspecified atom stereocenters. The van der Waals surface area contributed by atoms with Crippen LogP contribution in [0.3, 0.4) is 0 Å². The van der Waals surface area contributed by atoms with Crippen molar-refractivity contribution in [2.45, 2.75) is 23.9 Å². The van der Waals surface area contributed by atoms with E-state index in [4.69, 9.17) is 0 Å². The number of carbonyl (C=O) groups is 1.